The van der Waals surface area contributed by atoms with Gasteiger partial charge in [0, 0.05) is 5.56 Å². The lowest BCUT2D eigenvalue weighted by Gasteiger charge is -2.30. The van der Waals surface area contributed by atoms with Crippen LogP contribution in [0.15, 0.2) is 59.5 Å². The van der Waals surface area contributed by atoms with Crippen LogP contribution in [0.25, 0.3) is 0 Å². The molecular formula is C25H26F3N3O. The molecule has 0 fully saturated rings. The van der Waals surface area contributed by atoms with E-state index in [9.17, 15) is 18.0 Å². The van der Waals surface area contributed by atoms with Crippen LogP contribution >= 0.6 is 0 Å². The molecule has 1 aliphatic rings. The highest BCUT2D eigenvalue weighted by molar-refractivity contribution is 5.35. The molecule has 0 bridgehead atoms. The normalized spacial score (nSPS) is 15.8. The van der Waals surface area contributed by atoms with Crippen molar-refractivity contribution < 1.29 is 13.2 Å². The number of aryl methyl sites for hydroxylation is 3. The third-order valence-electron chi connectivity index (χ3n) is 6.23. The van der Waals surface area contributed by atoms with Crippen LogP contribution in [-0.2, 0) is 37.5 Å². The Morgan fingerprint density at radius 2 is 1.78 bits per heavy atom. The van der Waals surface area contributed by atoms with Crippen molar-refractivity contribution in [2.75, 3.05) is 0 Å². The van der Waals surface area contributed by atoms with Gasteiger partial charge >= 0.3 is 6.18 Å². The summed E-state index contributed by atoms with van der Waals surface area (Å²) in [4.78, 5) is 13.2. The van der Waals surface area contributed by atoms with Crippen molar-refractivity contribution in [3.63, 3.8) is 0 Å². The number of hydrogen-bond donors (Lipinski definition) is 1. The summed E-state index contributed by atoms with van der Waals surface area (Å²) in [7, 11) is 0. The summed E-state index contributed by atoms with van der Waals surface area (Å²) in [5.74, 6) is 0. The molecule has 1 heterocycles. The second-order valence-electron chi connectivity index (χ2n) is 8.58. The highest BCUT2D eigenvalue weighted by Crippen LogP contribution is 2.30. The highest BCUT2D eigenvalue weighted by Gasteiger charge is 2.31. The second-order valence-corrected chi connectivity index (χ2v) is 8.58. The lowest BCUT2D eigenvalue weighted by Crippen LogP contribution is -2.50. The lowest BCUT2D eigenvalue weighted by atomic mass is 9.91. The summed E-state index contributed by atoms with van der Waals surface area (Å²) >= 11 is 0. The average molecular weight is 441 g/mol. The zero-order valence-electron chi connectivity index (χ0n) is 18.0. The summed E-state index contributed by atoms with van der Waals surface area (Å²) in [5, 5.41) is 4.39. The van der Waals surface area contributed by atoms with Crippen molar-refractivity contribution in [2.45, 2.75) is 57.3 Å². The quantitative estimate of drug-likeness (QED) is 0.629. The smallest absolute Gasteiger partial charge is 0.303 e. The van der Waals surface area contributed by atoms with Crippen LogP contribution in [0.4, 0.5) is 13.2 Å². The van der Waals surface area contributed by atoms with Crippen molar-refractivity contribution >= 4 is 0 Å². The first kappa shape index (κ1) is 22.3. The second kappa shape index (κ2) is 8.54. The zero-order valence-corrected chi connectivity index (χ0v) is 18.0. The van der Waals surface area contributed by atoms with E-state index < -0.39 is 17.4 Å². The molecule has 1 atom stereocenters. The molecule has 2 N–H and O–H groups in total. The van der Waals surface area contributed by atoms with E-state index >= 15 is 0 Å². The molecule has 0 amide bonds. The molecule has 168 valence electrons. The van der Waals surface area contributed by atoms with Crippen LogP contribution in [0.1, 0.15) is 53.1 Å². The Kier molecular flexibility index (Phi) is 5.95. The van der Waals surface area contributed by atoms with Gasteiger partial charge < -0.3 is 5.73 Å². The number of halogens is 3. The molecule has 4 nitrogen and oxygen atoms in total. The van der Waals surface area contributed by atoms with Crippen LogP contribution in [0, 0.1) is 0 Å². The Bertz CT molecular complexity index is 1180. The number of alkyl halides is 3. The Balaban J connectivity index is 1.65. The summed E-state index contributed by atoms with van der Waals surface area (Å²) < 4.78 is 40.5. The van der Waals surface area contributed by atoms with Gasteiger partial charge in [-0.05, 0) is 73.8 Å². The maximum atomic E-state index is 13.2. The van der Waals surface area contributed by atoms with E-state index in [2.05, 4.69) is 5.10 Å². The molecule has 1 unspecified atom stereocenters. The lowest BCUT2D eigenvalue weighted by molar-refractivity contribution is -0.137. The monoisotopic (exact) mass is 441 g/mol. The highest BCUT2D eigenvalue weighted by atomic mass is 19.4. The number of rotatable bonds is 5. The Morgan fingerprint density at radius 1 is 1.03 bits per heavy atom. The predicted octanol–water partition coefficient (Wildman–Crippen LogP) is 4.61. The fourth-order valence-corrected chi connectivity index (χ4v) is 4.48. The number of benzene rings is 2. The molecule has 32 heavy (non-hydrogen) atoms. The van der Waals surface area contributed by atoms with Gasteiger partial charge in [0.25, 0.3) is 5.56 Å². The zero-order chi connectivity index (χ0) is 22.9. The van der Waals surface area contributed by atoms with Gasteiger partial charge in [0.15, 0.2) is 0 Å². The van der Waals surface area contributed by atoms with Crippen molar-refractivity contribution in [3.05, 3.63) is 98.5 Å². The number of hydrogen-bond acceptors (Lipinski definition) is 3. The Labute approximate surface area is 184 Å². The first-order valence-corrected chi connectivity index (χ1v) is 10.8. The van der Waals surface area contributed by atoms with E-state index in [1.807, 2.05) is 24.3 Å². The van der Waals surface area contributed by atoms with Gasteiger partial charge in [-0.15, -0.1) is 0 Å². The molecule has 3 aromatic rings. The standard InChI is InChI=1S/C25H26F3N3O/c1-24(29,31-23(32)21-11-4-2-9-19(21)16-30-31)22-12-5-3-8-18(22)14-13-17-7-6-10-20(15-17)25(26,27)28/h3,5-8,10,12,15-16H,2,4,9,11,13-14,29H2,1H3. The van der Waals surface area contributed by atoms with E-state index in [4.69, 9.17) is 5.73 Å². The first-order valence-electron chi connectivity index (χ1n) is 10.8. The number of nitrogens with two attached hydrogens (primary N) is 1. The molecule has 1 aromatic heterocycles. The molecule has 0 aliphatic heterocycles. The molecule has 4 rings (SSSR count). The molecule has 0 radical (unpaired) electrons. The minimum Gasteiger partial charge on any atom is -0.303 e. The van der Waals surface area contributed by atoms with Gasteiger partial charge in [-0.1, -0.05) is 42.5 Å². The Morgan fingerprint density at radius 3 is 2.56 bits per heavy atom. The van der Waals surface area contributed by atoms with E-state index in [1.54, 1.807) is 19.2 Å². The van der Waals surface area contributed by atoms with E-state index in [0.717, 1.165) is 54.0 Å². The SMILES string of the molecule is CC(N)(c1ccccc1CCc1cccc(C(F)(F)F)c1)n1ncc2c(c1=O)CCCC2. The third kappa shape index (κ3) is 4.35. The van der Waals surface area contributed by atoms with Gasteiger partial charge in [-0.25, -0.2) is 4.68 Å². The average Bonchev–Trinajstić information content (AvgIpc) is 2.78. The van der Waals surface area contributed by atoms with Crippen molar-refractivity contribution in [3.8, 4) is 0 Å². The van der Waals surface area contributed by atoms with Crippen molar-refractivity contribution in [2.24, 2.45) is 5.73 Å². The van der Waals surface area contributed by atoms with Crippen LogP contribution in [0.3, 0.4) is 0 Å². The first-order chi connectivity index (χ1) is 15.2. The summed E-state index contributed by atoms with van der Waals surface area (Å²) in [6.07, 6.45) is 1.89. The van der Waals surface area contributed by atoms with Crippen molar-refractivity contribution in [1.82, 2.24) is 9.78 Å². The van der Waals surface area contributed by atoms with Crippen LogP contribution in [0.5, 0.6) is 0 Å². The molecule has 2 aromatic carbocycles. The maximum absolute atomic E-state index is 13.2. The molecule has 1 aliphatic carbocycles. The van der Waals surface area contributed by atoms with Gasteiger partial charge in [0.1, 0.15) is 5.66 Å². The fourth-order valence-electron chi connectivity index (χ4n) is 4.48. The van der Waals surface area contributed by atoms with Crippen LogP contribution in [-0.4, -0.2) is 9.78 Å². The molecular weight excluding hydrogens is 415 g/mol. The fraction of sp³-hybridized carbons (Fsp3) is 0.360. The molecule has 0 spiro atoms. The van der Waals surface area contributed by atoms with Crippen molar-refractivity contribution in [1.29, 1.82) is 0 Å². The van der Waals surface area contributed by atoms with Gasteiger partial charge in [0.2, 0.25) is 0 Å². The molecule has 7 heteroatoms. The predicted molar refractivity (Wildman–Crippen MR) is 117 cm³/mol. The van der Waals surface area contributed by atoms with Gasteiger partial charge in [-0.3, -0.25) is 4.79 Å². The maximum Gasteiger partial charge on any atom is 0.416 e. The molecule has 0 saturated carbocycles. The van der Waals surface area contributed by atoms with E-state index in [-0.39, 0.29) is 5.56 Å². The third-order valence-corrected chi connectivity index (χ3v) is 6.23. The van der Waals surface area contributed by atoms with Gasteiger partial charge in [0.05, 0.1) is 11.8 Å². The largest absolute Gasteiger partial charge is 0.416 e. The van der Waals surface area contributed by atoms with Crippen LogP contribution in [0.2, 0.25) is 0 Å². The summed E-state index contributed by atoms with van der Waals surface area (Å²) in [6, 6.07) is 12.8. The minimum absolute atomic E-state index is 0.167. The summed E-state index contributed by atoms with van der Waals surface area (Å²) in [5.41, 5.74) is 8.67. The number of aromatic nitrogens is 2. The number of nitrogens with zero attached hydrogens (tertiary/aromatic N) is 2. The van der Waals surface area contributed by atoms with Crippen LogP contribution < -0.4 is 11.3 Å². The van der Waals surface area contributed by atoms with E-state index in [1.165, 1.54) is 16.8 Å². The van der Waals surface area contributed by atoms with E-state index in [0.29, 0.717) is 18.4 Å². The van der Waals surface area contributed by atoms with Gasteiger partial charge in [-0.2, -0.15) is 18.3 Å². The summed E-state index contributed by atoms with van der Waals surface area (Å²) in [6.45, 7) is 1.75. The minimum atomic E-state index is -4.37. The Hall–Kier alpha value is -2.93. The number of fused-ring (bicyclic) bond motifs is 1. The topological polar surface area (TPSA) is 60.9 Å². The molecule has 0 saturated heterocycles.